The number of benzene rings is 3. The van der Waals surface area contributed by atoms with E-state index in [4.69, 9.17) is 4.74 Å². The molecule has 1 fully saturated rings. The van der Waals surface area contributed by atoms with Crippen LogP contribution in [0.2, 0.25) is 0 Å². The molecule has 7 rings (SSSR count). The van der Waals surface area contributed by atoms with Crippen LogP contribution in [0.25, 0.3) is 11.1 Å². The number of hydrogen-bond acceptors (Lipinski definition) is 5. The summed E-state index contributed by atoms with van der Waals surface area (Å²) in [6, 6.07) is 23.3. The molecule has 244 valence electrons. The molecule has 1 aliphatic carbocycles. The maximum Gasteiger partial charge on any atom is 0.258 e. The van der Waals surface area contributed by atoms with E-state index in [1.165, 1.54) is 17.7 Å². The lowest BCUT2D eigenvalue weighted by Gasteiger charge is -2.48. The van der Waals surface area contributed by atoms with Crippen LogP contribution in [-0.2, 0) is 25.8 Å². The summed E-state index contributed by atoms with van der Waals surface area (Å²) in [6.45, 7) is 2.88. The lowest BCUT2D eigenvalue weighted by molar-refractivity contribution is -0.0382. The molecule has 0 radical (unpaired) electrons. The monoisotopic (exact) mass is 635 g/mol. The molecule has 0 unspecified atom stereocenters. The second-order valence-corrected chi connectivity index (χ2v) is 13.3. The Morgan fingerprint density at radius 1 is 1.02 bits per heavy atom. The van der Waals surface area contributed by atoms with Crippen molar-refractivity contribution < 1.29 is 19.0 Å². The van der Waals surface area contributed by atoms with Crippen LogP contribution in [0.1, 0.15) is 77.8 Å². The topological polar surface area (TPSA) is 92.6 Å². The van der Waals surface area contributed by atoms with Crippen LogP contribution in [0.3, 0.4) is 0 Å². The van der Waals surface area contributed by atoms with Gasteiger partial charge in [0.25, 0.3) is 11.5 Å². The van der Waals surface area contributed by atoms with Crippen LogP contribution in [0.15, 0.2) is 83.7 Å². The fourth-order valence-corrected chi connectivity index (χ4v) is 7.48. The first-order valence-corrected chi connectivity index (χ1v) is 16.9. The van der Waals surface area contributed by atoms with E-state index in [-0.39, 0.29) is 40.8 Å². The smallest absolute Gasteiger partial charge is 0.258 e. The number of aliphatic hydroxyl groups is 1. The van der Waals surface area contributed by atoms with Gasteiger partial charge in [-0.05, 0) is 74.3 Å². The van der Waals surface area contributed by atoms with Gasteiger partial charge in [-0.3, -0.25) is 9.59 Å². The molecular formula is C39H42FN3O4. The number of amides is 1. The zero-order chi connectivity index (χ0) is 32.5. The molecule has 2 aliphatic heterocycles. The van der Waals surface area contributed by atoms with Gasteiger partial charge >= 0.3 is 0 Å². The first-order chi connectivity index (χ1) is 22.8. The number of ether oxygens (including phenoxy) is 1. The Morgan fingerprint density at radius 3 is 2.55 bits per heavy atom. The molecular weight excluding hydrogens is 593 g/mol. The van der Waals surface area contributed by atoms with Gasteiger partial charge in [0, 0.05) is 42.4 Å². The molecule has 1 aromatic heterocycles. The van der Waals surface area contributed by atoms with E-state index in [9.17, 15) is 19.1 Å². The number of rotatable bonds is 10. The van der Waals surface area contributed by atoms with E-state index in [1.54, 1.807) is 22.8 Å². The number of carbonyl (C=O) groups excluding carboxylic acids is 1. The zero-order valence-corrected chi connectivity index (χ0v) is 26.8. The second-order valence-electron chi connectivity index (χ2n) is 13.3. The largest absolute Gasteiger partial charge is 0.487 e. The fraction of sp³-hybridized carbons (Fsp3) is 0.385. The van der Waals surface area contributed by atoms with Crippen molar-refractivity contribution >= 4 is 5.91 Å². The van der Waals surface area contributed by atoms with E-state index in [0.717, 1.165) is 55.4 Å². The molecule has 0 bridgehead atoms. The van der Waals surface area contributed by atoms with Crippen molar-refractivity contribution in [3.8, 4) is 16.9 Å². The Labute approximate surface area is 274 Å². The van der Waals surface area contributed by atoms with Gasteiger partial charge in [0.2, 0.25) is 0 Å². The summed E-state index contributed by atoms with van der Waals surface area (Å²) in [6.07, 6.45) is 5.76. The third-order valence-electron chi connectivity index (χ3n) is 10.3. The zero-order valence-electron chi connectivity index (χ0n) is 26.8. The number of halogens is 1. The standard InChI is InChI=1S/C39H42FN3O4/c1-2-25-15-16-36-29(20-25)33(23-39(47-36)17-9-18-39)41-24-35(44)32(21-26-10-4-3-5-11-26)42-37(45)30-22-28(27-12-6-7-13-31(27)40)38(46)43-19-8-14-34(30)43/h3-7,10-13,15-16,20,22,32-33,35,41,44H,2,8-9,14,17-19,21,23-24H2,1H3,(H,42,45)/t32-,33-,35+/m0/s1. The summed E-state index contributed by atoms with van der Waals surface area (Å²) >= 11 is 0. The van der Waals surface area contributed by atoms with Crippen molar-refractivity contribution in [3.05, 3.63) is 123 Å². The van der Waals surface area contributed by atoms with Gasteiger partial charge in [0.05, 0.1) is 23.3 Å². The molecule has 8 heteroatoms. The highest BCUT2D eigenvalue weighted by Gasteiger charge is 2.45. The first-order valence-electron chi connectivity index (χ1n) is 16.9. The quantitative estimate of drug-likeness (QED) is 0.202. The molecule has 0 saturated heterocycles. The molecule has 3 aromatic carbocycles. The van der Waals surface area contributed by atoms with Crippen LogP contribution in [0.4, 0.5) is 4.39 Å². The van der Waals surface area contributed by atoms with Gasteiger partial charge in [-0.2, -0.15) is 0 Å². The van der Waals surface area contributed by atoms with Crippen LogP contribution >= 0.6 is 0 Å². The maximum absolute atomic E-state index is 14.8. The number of aryl methyl sites for hydroxylation is 1. The average Bonchev–Trinajstić information content (AvgIpc) is 3.57. The number of fused-ring (bicyclic) bond motifs is 2. The minimum atomic E-state index is -0.914. The predicted octanol–water partition coefficient (Wildman–Crippen LogP) is 5.90. The molecule has 1 amide bonds. The third kappa shape index (κ3) is 6.24. The minimum Gasteiger partial charge on any atom is -0.487 e. The number of aromatic nitrogens is 1. The van der Waals surface area contributed by atoms with E-state index >= 15 is 0 Å². The summed E-state index contributed by atoms with van der Waals surface area (Å²) < 4.78 is 23.0. The molecule has 47 heavy (non-hydrogen) atoms. The summed E-state index contributed by atoms with van der Waals surface area (Å²) in [5.41, 5.74) is 4.20. The lowest BCUT2D eigenvalue weighted by atomic mass is 9.72. The van der Waals surface area contributed by atoms with Crippen LogP contribution in [-0.4, -0.2) is 39.9 Å². The normalized spacial score (nSPS) is 18.8. The van der Waals surface area contributed by atoms with Gasteiger partial charge in [0.15, 0.2) is 0 Å². The van der Waals surface area contributed by atoms with Crippen LogP contribution < -0.4 is 20.9 Å². The van der Waals surface area contributed by atoms with Crippen molar-refractivity contribution in [2.24, 2.45) is 0 Å². The van der Waals surface area contributed by atoms with Gasteiger partial charge in [-0.15, -0.1) is 0 Å². The Morgan fingerprint density at radius 2 is 1.81 bits per heavy atom. The molecule has 7 nitrogen and oxygen atoms in total. The maximum atomic E-state index is 14.8. The van der Waals surface area contributed by atoms with Gasteiger partial charge in [-0.1, -0.05) is 67.6 Å². The fourth-order valence-electron chi connectivity index (χ4n) is 7.48. The highest BCUT2D eigenvalue weighted by atomic mass is 19.1. The number of hydrogen-bond donors (Lipinski definition) is 3. The van der Waals surface area contributed by atoms with Crippen molar-refractivity contribution in [2.75, 3.05) is 6.54 Å². The number of carbonyl (C=O) groups is 1. The van der Waals surface area contributed by atoms with Crippen LogP contribution in [0.5, 0.6) is 5.75 Å². The summed E-state index contributed by atoms with van der Waals surface area (Å²) in [4.78, 5) is 27.5. The Kier molecular flexibility index (Phi) is 8.73. The average molecular weight is 636 g/mol. The number of nitrogens with one attached hydrogen (secondary N) is 2. The summed E-state index contributed by atoms with van der Waals surface area (Å²) in [5.74, 6) is 0.0149. The lowest BCUT2D eigenvalue weighted by Crippen LogP contribution is -2.52. The molecule has 3 aliphatic rings. The highest BCUT2D eigenvalue weighted by Crippen LogP contribution is 2.49. The second kappa shape index (κ2) is 13.1. The summed E-state index contributed by atoms with van der Waals surface area (Å²) in [5, 5.41) is 18.5. The molecule has 3 heterocycles. The number of pyridine rings is 1. The number of nitrogens with zero attached hydrogens (tertiary/aromatic N) is 1. The van der Waals surface area contributed by atoms with E-state index in [2.05, 4.69) is 35.8 Å². The van der Waals surface area contributed by atoms with Gasteiger partial charge < -0.3 is 25.0 Å². The molecule has 4 aromatic rings. The Bertz CT molecular complexity index is 1830. The SMILES string of the molecule is CCc1ccc2c(c1)[C@@H](NC[C@@H](O)[C@H](Cc1ccccc1)NC(=O)c1cc(-c3ccccc3F)c(=O)n3c1CCC3)CC1(CCC1)O2. The van der Waals surface area contributed by atoms with Gasteiger partial charge in [0.1, 0.15) is 17.2 Å². The van der Waals surface area contributed by atoms with E-state index < -0.39 is 18.0 Å². The van der Waals surface area contributed by atoms with Crippen molar-refractivity contribution in [1.82, 2.24) is 15.2 Å². The van der Waals surface area contributed by atoms with Crippen LogP contribution in [0, 0.1) is 5.82 Å². The predicted molar refractivity (Wildman–Crippen MR) is 180 cm³/mol. The van der Waals surface area contributed by atoms with Crippen molar-refractivity contribution in [3.63, 3.8) is 0 Å². The van der Waals surface area contributed by atoms with E-state index in [1.807, 2.05) is 30.3 Å². The highest BCUT2D eigenvalue weighted by molar-refractivity contribution is 5.97. The molecule has 3 N–H and O–H groups in total. The summed E-state index contributed by atoms with van der Waals surface area (Å²) in [7, 11) is 0. The number of aliphatic hydroxyl groups excluding tert-OH is 1. The third-order valence-corrected chi connectivity index (χ3v) is 10.3. The van der Waals surface area contributed by atoms with Crippen molar-refractivity contribution in [2.45, 2.75) is 88.6 Å². The van der Waals surface area contributed by atoms with Gasteiger partial charge in [-0.25, -0.2) is 4.39 Å². The van der Waals surface area contributed by atoms with Crippen molar-refractivity contribution in [1.29, 1.82) is 0 Å². The van der Waals surface area contributed by atoms with E-state index in [0.29, 0.717) is 30.6 Å². The molecule has 3 atom stereocenters. The Hall–Kier alpha value is -4.27. The first kappa shape index (κ1) is 31.3. The molecule has 1 spiro atoms. The molecule has 1 saturated carbocycles. The Balaban J connectivity index is 1.16. The minimum absolute atomic E-state index is 0.0147.